The van der Waals surface area contributed by atoms with E-state index in [1.807, 2.05) is 0 Å². The molecule has 0 aromatic heterocycles. The fraction of sp³-hybridized carbons (Fsp3) is 0.250. The minimum absolute atomic E-state index is 0.120. The summed E-state index contributed by atoms with van der Waals surface area (Å²) in [6.45, 7) is 0.183. The Morgan fingerprint density at radius 3 is 2.69 bits per heavy atom. The summed E-state index contributed by atoms with van der Waals surface area (Å²) in [4.78, 5) is -0.120. The van der Waals surface area contributed by atoms with Crippen LogP contribution in [0, 0.1) is 11.6 Å². The van der Waals surface area contributed by atoms with Crippen molar-refractivity contribution in [2.45, 2.75) is 4.90 Å². The number of hydrogen-bond acceptors (Lipinski definition) is 2. The highest BCUT2D eigenvalue weighted by atomic mass is 32.2. The standard InChI is InChI=1S/C8H9F2NOS/c9-6-1-2-7(10)8(5-6)13(12)4-3-11/h1-2,5H,3-4,11H2. The molecule has 0 fully saturated rings. The lowest BCUT2D eigenvalue weighted by atomic mass is 10.3. The van der Waals surface area contributed by atoms with E-state index in [1.54, 1.807) is 0 Å². The monoisotopic (exact) mass is 205 g/mol. The van der Waals surface area contributed by atoms with Crippen molar-refractivity contribution >= 4 is 10.8 Å². The van der Waals surface area contributed by atoms with Crippen molar-refractivity contribution in [3.05, 3.63) is 29.8 Å². The third-order valence-electron chi connectivity index (χ3n) is 1.44. The van der Waals surface area contributed by atoms with Crippen molar-refractivity contribution in [2.75, 3.05) is 12.3 Å². The third kappa shape index (κ3) is 2.57. The van der Waals surface area contributed by atoms with Crippen molar-refractivity contribution in [1.29, 1.82) is 0 Å². The van der Waals surface area contributed by atoms with Crippen LogP contribution >= 0.6 is 0 Å². The van der Waals surface area contributed by atoms with Gasteiger partial charge in [-0.15, -0.1) is 0 Å². The van der Waals surface area contributed by atoms with Crippen molar-refractivity contribution in [3.8, 4) is 0 Å². The molecule has 2 nitrogen and oxygen atoms in total. The normalized spacial score (nSPS) is 12.8. The zero-order chi connectivity index (χ0) is 9.84. The lowest BCUT2D eigenvalue weighted by Crippen LogP contribution is -2.11. The molecule has 1 atom stereocenters. The van der Waals surface area contributed by atoms with Crippen molar-refractivity contribution in [3.63, 3.8) is 0 Å². The van der Waals surface area contributed by atoms with E-state index in [2.05, 4.69) is 0 Å². The molecule has 1 unspecified atom stereocenters. The molecule has 1 aromatic carbocycles. The minimum atomic E-state index is -1.55. The Balaban J connectivity index is 2.99. The molecule has 0 aliphatic carbocycles. The number of halogens is 2. The molecule has 72 valence electrons. The second-order valence-electron chi connectivity index (χ2n) is 2.41. The van der Waals surface area contributed by atoms with Gasteiger partial charge in [-0.1, -0.05) is 0 Å². The maximum absolute atomic E-state index is 12.9. The van der Waals surface area contributed by atoms with Crippen LogP contribution in [0.2, 0.25) is 0 Å². The SMILES string of the molecule is NCCS(=O)c1cc(F)ccc1F. The summed E-state index contributed by atoms with van der Waals surface area (Å²) in [5.74, 6) is -1.12. The molecule has 1 aromatic rings. The molecule has 0 bridgehead atoms. The highest BCUT2D eigenvalue weighted by Crippen LogP contribution is 2.13. The van der Waals surface area contributed by atoms with Crippen LogP contribution in [-0.2, 0) is 10.8 Å². The molecule has 0 spiro atoms. The van der Waals surface area contributed by atoms with E-state index < -0.39 is 22.4 Å². The van der Waals surface area contributed by atoms with Crippen molar-refractivity contribution in [2.24, 2.45) is 5.73 Å². The lowest BCUT2D eigenvalue weighted by Gasteiger charge is -2.01. The summed E-state index contributed by atoms with van der Waals surface area (Å²) >= 11 is 0. The number of benzene rings is 1. The summed E-state index contributed by atoms with van der Waals surface area (Å²) in [7, 11) is -1.55. The summed E-state index contributed by atoms with van der Waals surface area (Å²) in [5, 5.41) is 0. The van der Waals surface area contributed by atoms with Gasteiger partial charge < -0.3 is 5.73 Å². The van der Waals surface area contributed by atoms with E-state index in [0.29, 0.717) is 0 Å². The van der Waals surface area contributed by atoms with Gasteiger partial charge in [0.05, 0.1) is 15.7 Å². The van der Waals surface area contributed by atoms with Crippen LogP contribution in [0.4, 0.5) is 8.78 Å². The topological polar surface area (TPSA) is 43.1 Å². The maximum atomic E-state index is 12.9. The summed E-state index contributed by atoms with van der Waals surface area (Å²) < 4.78 is 36.8. The molecule has 0 saturated carbocycles. The molecular formula is C8H9F2NOS. The first-order valence-corrected chi connectivity index (χ1v) is 5.00. The quantitative estimate of drug-likeness (QED) is 0.801. The largest absolute Gasteiger partial charge is 0.330 e. The molecule has 2 N–H and O–H groups in total. The molecule has 0 radical (unpaired) electrons. The van der Waals surface area contributed by atoms with Crippen LogP contribution in [0.5, 0.6) is 0 Å². The summed E-state index contributed by atoms with van der Waals surface area (Å²) in [5.41, 5.74) is 5.15. The van der Waals surface area contributed by atoms with E-state index in [1.165, 1.54) is 0 Å². The second kappa shape index (κ2) is 4.43. The predicted octanol–water partition coefficient (Wildman–Crippen LogP) is 1.03. The Morgan fingerprint density at radius 1 is 1.38 bits per heavy atom. The van der Waals surface area contributed by atoms with Crippen LogP contribution in [0.3, 0.4) is 0 Å². The van der Waals surface area contributed by atoms with Gasteiger partial charge >= 0.3 is 0 Å². The summed E-state index contributed by atoms with van der Waals surface area (Å²) in [6, 6.07) is 2.87. The van der Waals surface area contributed by atoms with E-state index in [9.17, 15) is 13.0 Å². The molecule has 0 heterocycles. The van der Waals surface area contributed by atoms with Gasteiger partial charge in [0, 0.05) is 12.3 Å². The zero-order valence-corrected chi connectivity index (χ0v) is 7.61. The van der Waals surface area contributed by atoms with Gasteiger partial charge in [-0.25, -0.2) is 8.78 Å². The van der Waals surface area contributed by atoms with Crippen molar-refractivity contribution < 1.29 is 13.0 Å². The third-order valence-corrected chi connectivity index (χ3v) is 2.85. The highest BCUT2D eigenvalue weighted by Gasteiger charge is 2.09. The maximum Gasteiger partial charge on any atom is 0.139 e. The van der Waals surface area contributed by atoms with Gasteiger partial charge in [-0.05, 0) is 18.2 Å². The van der Waals surface area contributed by atoms with E-state index in [-0.39, 0.29) is 17.2 Å². The van der Waals surface area contributed by atoms with Crippen LogP contribution in [0.25, 0.3) is 0 Å². The molecular weight excluding hydrogens is 196 g/mol. The number of nitrogens with two attached hydrogens (primary N) is 1. The van der Waals surface area contributed by atoms with Crippen LogP contribution in [0.1, 0.15) is 0 Å². The van der Waals surface area contributed by atoms with Crippen LogP contribution in [-0.4, -0.2) is 16.5 Å². The first-order valence-electron chi connectivity index (χ1n) is 3.68. The number of rotatable bonds is 3. The minimum Gasteiger partial charge on any atom is -0.330 e. The summed E-state index contributed by atoms with van der Waals surface area (Å²) in [6.07, 6.45) is 0. The van der Waals surface area contributed by atoms with Crippen molar-refractivity contribution in [1.82, 2.24) is 0 Å². The predicted molar refractivity (Wildman–Crippen MR) is 46.7 cm³/mol. The van der Waals surface area contributed by atoms with Gasteiger partial charge in [0.2, 0.25) is 0 Å². The highest BCUT2D eigenvalue weighted by molar-refractivity contribution is 7.85. The average molecular weight is 205 g/mol. The van der Waals surface area contributed by atoms with Gasteiger partial charge in [-0.2, -0.15) is 0 Å². The molecule has 0 aliphatic rings. The Bertz CT molecular complexity index is 330. The smallest absolute Gasteiger partial charge is 0.139 e. The molecule has 0 aliphatic heterocycles. The van der Waals surface area contributed by atoms with Crippen LogP contribution in [0.15, 0.2) is 23.1 Å². The Hall–Kier alpha value is -0.810. The second-order valence-corrected chi connectivity index (χ2v) is 3.95. The first-order chi connectivity index (χ1) is 6.15. The number of hydrogen-bond donors (Lipinski definition) is 1. The molecule has 13 heavy (non-hydrogen) atoms. The Kier molecular flexibility index (Phi) is 3.50. The van der Waals surface area contributed by atoms with E-state index in [4.69, 9.17) is 5.73 Å². The lowest BCUT2D eigenvalue weighted by molar-refractivity contribution is 0.572. The van der Waals surface area contributed by atoms with E-state index >= 15 is 0 Å². The molecule has 0 amide bonds. The fourth-order valence-corrected chi connectivity index (χ4v) is 1.83. The van der Waals surface area contributed by atoms with Gasteiger partial charge in [-0.3, -0.25) is 4.21 Å². The van der Waals surface area contributed by atoms with E-state index in [0.717, 1.165) is 18.2 Å². The Morgan fingerprint density at radius 2 is 2.08 bits per heavy atom. The molecule has 0 saturated heterocycles. The molecule has 1 rings (SSSR count). The fourth-order valence-electron chi connectivity index (χ4n) is 0.869. The average Bonchev–Trinajstić information content (AvgIpc) is 2.09. The van der Waals surface area contributed by atoms with Crippen LogP contribution < -0.4 is 5.73 Å². The van der Waals surface area contributed by atoms with Gasteiger partial charge in [0.25, 0.3) is 0 Å². The first kappa shape index (κ1) is 10.3. The van der Waals surface area contributed by atoms with Gasteiger partial charge in [0.15, 0.2) is 0 Å². The molecule has 5 heteroatoms. The van der Waals surface area contributed by atoms with Gasteiger partial charge in [0.1, 0.15) is 11.6 Å². The Labute approximate surface area is 77.2 Å². The zero-order valence-electron chi connectivity index (χ0n) is 6.80.